The number of aromatic nitrogens is 2. The van der Waals surface area contributed by atoms with Gasteiger partial charge in [0.25, 0.3) is 5.91 Å². The first-order chi connectivity index (χ1) is 12.2. The van der Waals surface area contributed by atoms with Crippen molar-refractivity contribution in [3.63, 3.8) is 0 Å². The van der Waals surface area contributed by atoms with Gasteiger partial charge in [-0.3, -0.25) is 9.48 Å². The maximum Gasteiger partial charge on any atom is 0.260 e. The van der Waals surface area contributed by atoms with E-state index in [0.717, 1.165) is 30.6 Å². The third-order valence-electron chi connectivity index (χ3n) is 4.57. The molecule has 1 N–H and O–H groups in total. The molecule has 3 rings (SSSR count). The zero-order valence-electron chi connectivity index (χ0n) is 14.9. The molecule has 134 valence electrons. The van der Waals surface area contributed by atoms with Crippen LogP contribution in [0, 0.1) is 0 Å². The molecule has 0 unspecified atom stereocenters. The van der Waals surface area contributed by atoms with Gasteiger partial charge < -0.3 is 15.0 Å². The number of hydrogen-bond acceptors (Lipinski definition) is 4. The lowest BCUT2D eigenvalue weighted by Crippen LogP contribution is -2.42. The second-order valence-corrected chi connectivity index (χ2v) is 6.44. The van der Waals surface area contributed by atoms with Gasteiger partial charge in [-0.1, -0.05) is 12.1 Å². The third kappa shape index (κ3) is 4.60. The second kappa shape index (κ2) is 8.16. The Morgan fingerprint density at radius 3 is 3.00 bits per heavy atom. The molecule has 1 aromatic heterocycles. The number of benzene rings is 1. The van der Waals surface area contributed by atoms with Crippen LogP contribution in [0.25, 0.3) is 11.1 Å². The van der Waals surface area contributed by atoms with E-state index in [4.69, 9.17) is 4.74 Å². The molecule has 0 bridgehead atoms. The normalized spacial score (nSPS) is 16.8. The summed E-state index contributed by atoms with van der Waals surface area (Å²) in [6, 6.07) is 8.18. The minimum atomic E-state index is 0.0305. The SMILES string of the molecule is CCN(C[C@@H]1CCCN1)C(=O)COc1cccc(-c2cnn(C)c2)c1. The molecule has 25 heavy (non-hydrogen) atoms. The Bertz CT molecular complexity index is 707. The summed E-state index contributed by atoms with van der Waals surface area (Å²) in [6.45, 7) is 4.59. The quantitative estimate of drug-likeness (QED) is 0.837. The fourth-order valence-electron chi connectivity index (χ4n) is 3.16. The highest BCUT2D eigenvalue weighted by Crippen LogP contribution is 2.23. The average molecular weight is 342 g/mol. The number of carbonyl (C=O) groups is 1. The molecule has 0 radical (unpaired) electrons. The molecule has 2 heterocycles. The van der Waals surface area contributed by atoms with Crippen LogP contribution in [-0.2, 0) is 11.8 Å². The largest absolute Gasteiger partial charge is 0.484 e. The lowest BCUT2D eigenvalue weighted by Gasteiger charge is -2.24. The maximum absolute atomic E-state index is 12.5. The van der Waals surface area contributed by atoms with Gasteiger partial charge in [-0.2, -0.15) is 5.10 Å². The molecular weight excluding hydrogens is 316 g/mol. The Kier molecular flexibility index (Phi) is 5.71. The van der Waals surface area contributed by atoms with E-state index in [1.165, 1.54) is 6.42 Å². The van der Waals surface area contributed by atoms with E-state index in [-0.39, 0.29) is 12.5 Å². The fourth-order valence-corrected chi connectivity index (χ4v) is 3.16. The Balaban J connectivity index is 1.57. The first-order valence-corrected chi connectivity index (χ1v) is 8.88. The summed E-state index contributed by atoms with van der Waals surface area (Å²) in [5.74, 6) is 0.729. The number of aryl methyl sites for hydroxylation is 1. The van der Waals surface area contributed by atoms with E-state index in [2.05, 4.69) is 10.4 Å². The van der Waals surface area contributed by atoms with Gasteiger partial charge in [-0.05, 0) is 44.0 Å². The van der Waals surface area contributed by atoms with Crippen molar-refractivity contribution in [2.75, 3.05) is 26.2 Å². The van der Waals surface area contributed by atoms with Crippen LogP contribution in [0.1, 0.15) is 19.8 Å². The van der Waals surface area contributed by atoms with Gasteiger partial charge >= 0.3 is 0 Å². The molecule has 1 fully saturated rings. The summed E-state index contributed by atoms with van der Waals surface area (Å²) in [7, 11) is 1.89. The van der Waals surface area contributed by atoms with Gasteiger partial charge in [-0.25, -0.2) is 0 Å². The molecule has 1 saturated heterocycles. The van der Waals surface area contributed by atoms with Crippen molar-refractivity contribution in [2.45, 2.75) is 25.8 Å². The average Bonchev–Trinajstić information content (AvgIpc) is 3.29. The van der Waals surface area contributed by atoms with Gasteiger partial charge in [0.2, 0.25) is 0 Å². The minimum Gasteiger partial charge on any atom is -0.484 e. The predicted octanol–water partition coefficient (Wildman–Crippen LogP) is 2.07. The number of nitrogens with zero attached hydrogens (tertiary/aromatic N) is 3. The van der Waals surface area contributed by atoms with Crippen LogP contribution < -0.4 is 10.1 Å². The Labute approximate surface area is 148 Å². The molecule has 0 spiro atoms. The lowest BCUT2D eigenvalue weighted by atomic mass is 10.1. The van der Waals surface area contributed by atoms with E-state index >= 15 is 0 Å². The second-order valence-electron chi connectivity index (χ2n) is 6.44. The molecule has 0 aliphatic carbocycles. The summed E-state index contributed by atoms with van der Waals surface area (Å²) >= 11 is 0. The third-order valence-corrected chi connectivity index (χ3v) is 4.57. The molecular formula is C19H26N4O2. The Hall–Kier alpha value is -2.34. The number of amides is 1. The summed E-state index contributed by atoms with van der Waals surface area (Å²) in [4.78, 5) is 14.3. The van der Waals surface area contributed by atoms with Crippen LogP contribution in [0.15, 0.2) is 36.7 Å². The van der Waals surface area contributed by atoms with E-state index < -0.39 is 0 Å². The molecule has 6 heteroatoms. The molecule has 2 aromatic rings. The first-order valence-electron chi connectivity index (χ1n) is 8.88. The zero-order chi connectivity index (χ0) is 17.6. The highest BCUT2D eigenvalue weighted by atomic mass is 16.5. The molecule has 6 nitrogen and oxygen atoms in total. The Morgan fingerprint density at radius 2 is 2.32 bits per heavy atom. The van der Waals surface area contributed by atoms with Gasteiger partial charge in [-0.15, -0.1) is 0 Å². The zero-order valence-corrected chi connectivity index (χ0v) is 14.9. The molecule has 1 aliphatic heterocycles. The highest BCUT2D eigenvalue weighted by Gasteiger charge is 2.20. The number of hydrogen-bond donors (Lipinski definition) is 1. The smallest absolute Gasteiger partial charge is 0.260 e. The fraction of sp³-hybridized carbons (Fsp3) is 0.474. The van der Waals surface area contributed by atoms with Crippen LogP contribution >= 0.6 is 0 Å². The highest BCUT2D eigenvalue weighted by molar-refractivity contribution is 5.78. The van der Waals surface area contributed by atoms with Crippen LogP contribution in [0.4, 0.5) is 0 Å². The van der Waals surface area contributed by atoms with Crippen LogP contribution in [0.2, 0.25) is 0 Å². The number of rotatable bonds is 7. The number of carbonyl (C=O) groups excluding carboxylic acids is 1. The van der Waals surface area contributed by atoms with Crippen LogP contribution in [0.5, 0.6) is 5.75 Å². The van der Waals surface area contributed by atoms with Gasteiger partial charge in [0.05, 0.1) is 6.20 Å². The number of likely N-dealkylation sites (N-methyl/N-ethyl adjacent to an activating group) is 1. The van der Waals surface area contributed by atoms with Crippen molar-refractivity contribution < 1.29 is 9.53 Å². The topological polar surface area (TPSA) is 59.4 Å². The van der Waals surface area contributed by atoms with Crippen molar-refractivity contribution >= 4 is 5.91 Å². The summed E-state index contributed by atoms with van der Waals surface area (Å²) in [5, 5.41) is 7.62. The van der Waals surface area contributed by atoms with E-state index in [9.17, 15) is 4.79 Å². The first kappa shape index (κ1) is 17.5. The van der Waals surface area contributed by atoms with Gasteiger partial charge in [0.15, 0.2) is 6.61 Å². The van der Waals surface area contributed by atoms with Crippen molar-refractivity contribution in [1.82, 2.24) is 20.0 Å². The van der Waals surface area contributed by atoms with Crippen molar-refractivity contribution in [3.8, 4) is 16.9 Å². The summed E-state index contributed by atoms with van der Waals surface area (Å²) < 4.78 is 7.51. The standard InChI is InChI=1S/C19H26N4O2/c1-3-23(13-17-7-5-9-20-17)19(24)14-25-18-8-4-6-15(10-18)16-11-21-22(2)12-16/h4,6,8,10-12,17,20H,3,5,7,9,13-14H2,1-2H3/t17-/m0/s1. The minimum absolute atomic E-state index is 0.0305. The van der Waals surface area contributed by atoms with Crippen LogP contribution in [-0.4, -0.2) is 52.9 Å². The van der Waals surface area contributed by atoms with E-state index in [0.29, 0.717) is 18.3 Å². The summed E-state index contributed by atoms with van der Waals surface area (Å²) in [5.41, 5.74) is 2.06. The van der Waals surface area contributed by atoms with Gasteiger partial charge in [0, 0.05) is 37.9 Å². The predicted molar refractivity (Wildman–Crippen MR) is 97.4 cm³/mol. The molecule has 0 saturated carbocycles. The van der Waals surface area contributed by atoms with Crippen molar-refractivity contribution in [1.29, 1.82) is 0 Å². The van der Waals surface area contributed by atoms with Crippen LogP contribution in [0.3, 0.4) is 0 Å². The monoisotopic (exact) mass is 342 g/mol. The maximum atomic E-state index is 12.5. The molecule has 1 aliphatic rings. The molecule has 1 amide bonds. The van der Waals surface area contributed by atoms with E-state index in [1.807, 2.05) is 55.5 Å². The molecule has 1 atom stereocenters. The summed E-state index contributed by atoms with van der Waals surface area (Å²) in [6.07, 6.45) is 6.10. The van der Waals surface area contributed by atoms with E-state index in [1.54, 1.807) is 4.68 Å². The number of ether oxygens (including phenoxy) is 1. The van der Waals surface area contributed by atoms with Gasteiger partial charge in [0.1, 0.15) is 5.75 Å². The number of nitrogens with one attached hydrogen (secondary N) is 1. The lowest BCUT2D eigenvalue weighted by molar-refractivity contribution is -0.133. The molecule has 1 aromatic carbocycles. The Morgan fingerprint density at radius 1 is 1.44 bits per heavy atom. The van der Waals surface area contributed by atoms with Crippen molar-refractivity contribution in [2.24, 2.45) is 7.05 Å². The van der Waals surface area contributed by atoms with Crippen molar-refractivity contribution in [3.05, 3.63) is 36.7 Å².